The normalized spacial score (nSPS) is 17.3. The zero-order valence-electron chi connectivity index (χ0n) is 14.2. The van der Waals surface area contributed by atoms with Crippen LogP contribution in [-0.4, -0.2) is 23.9 Å². The molecule has 0 spiro atoms. The van der Waals surface area contributed by atoms with E-state index in [1.807, 2.05) is 60.7 Å². The Kier molecular flexibility index (Phi) is 4.84. The Hall–Kier alpha value is -3.08. The van der Waals surface area contributed by atoms with Crippen LogP contribution in [0.1, 0.15) is 24.1 Å². The first-order chi connectivity index (χ1) is 12.1. The number of allylic oxidation sites excluding steroid dienone is 1. The third-order valence-corrected chi connectivity index (χ3v) is 4.32. The molecule has 5 nitrogen and oxygen atoms in total. The van der Waals surface area contributed by atoms with Gasteiger partial charge in [0.1, 0.15) is 6.61 Å². The number of hydrogen-bond donors (Lipinski definition) is 1. The molecular weight excluding hydrogens is 316 g/mol. The lowest BCUT2D eigenvalue weighted by atomic mass is 9.95. The number of carbonyl (C=O) groups is 2. The molecule has 0 fully saturated rings. The Balaban J connectivity index is 1.88. The lowest BCUT2D eigenvalue weighted by molar-refractivity contribution is -0.141. The number of nitrogens with zero attached hydrogens (tertiary/aromatic N) is 1. The number of carbonyl (C=O) groups excluding carboxylic acids is 2. The molecule has 5 heteroatoms. The molecule has 1 aliphatic rings. The van der Waals surface area contributed by atoms with Crippen LogP contribution in [0.2, 0.25) is 0 Å². The molecule has 128 valence electrons. The van der Waals surface area contributed by atoms with Crippen molar-refractivity contribution in [1.82, 2.24) is 10.2 Å². The van der Waals surface area contributed by atoms with Crippen molar-refractivity contribution in [2.24, 2.45) is 0 Å². The fourth-order valence-electron chi connectivity index (χ4n) is 2.80. The summed E-state index contributed by atoms with van der Waals surface area (Å²) in [4.78, 5) is 26.4. The molecular formula is C20H20N2O3. The number of esters is 1. The van der Waals surface area contributed by atoms with Crippen molar-refractivity contribution in [3.8, 4) is 0 Å². The van der Waals surface area contributed by atoms with Crippen molar-refractivity contribution >= 4 is 12.0 Å². The third kappa shape index (κ3) is 3.55. The van der Waals surface area contributed by atoms with Crippen LogP contribution < -0.4 is 5.32 Å². The summed E-state index contributed by atoms with van der Waals surface area (Å²) in [6.45, 7) is 1.95. The van der Waals surface area contributed by atoms with Crippen molar-refractivity contribution in [2.45, 2.75) is 19.6 Å². The predicted octanol–water partition coefficient (Wildman–Crippen LogP) is 3.40. The van der Waals surface area contributed by atoms with E-state index in [2.05, 4.69) is 5.32 Å². The maximum atomic E-state index is 12.8. The zero-order chi connectivity index (χ0) is 17.8. The number of benzene rings is 2. The van der Waals surface area contributed by atoms with Gasteiger partial charge in [-0.15, -0.1) is 0 Å². The number of rotatable bonds is 4. The van der Waals surface area contributed by atoms with E-state index in [9.17, 15) is 9.59 Å². The Labute approximate surface area is 146 Å². The second-order valence-electron chi connectivity index (χ2n) is 5.91. The average molecular weight is 336 g/mol. The van der Waals surface area contributed by atoms with Gasteiger partial charge in [0, 0.05) is 12.7 Å². The zero-order valence-corrected chi connectivity index (χ0v) is 14.2. The van der Waals surface area contributed by atoms with E-state index in [1.54, 1.807) is 14.0 Å². The van der Waals surface area contributed by atoms with Gasteiger partial charge in [0.15, 0.2) is 0 Å². The molecule has 0 radical (unpaired) electrons. The lowest BCUT2D eigenvalue weighted by Crippen LogP contribution is -2.46. The first-order valence-electron chi connectivity index (χ1n) is 8.09. The summed E-state index contributed by atoms with van der Waals surface area (Å²) < 4.78 is 5.50. The highest BCUT2D eigenvalue weighted by atomic mass is 16.5. The van der Waals surface area contributed by atoms with Gasteiger partial charge in [-0.05, 0) is 18.1 Å². The van der Waals surface area contributed by atoms with E-state index >= 15 is 0 Å². The molecule has 0 aliphatic carbocycles. The van der Waals surface area contributed by atoms with Gasteiger partial charge in [-0.2, -0.15) is 0 Å². The summed E-state index contributed by atoms with van der Waals surface area (Å²) in [6.07, 6.45) is 0. The lowest BCUT2D eigenvalue weighted by Gasteiger charge is -2.33. The van der Waals surface area contributed by atoms with Gasteiger partial charge in [0.25, 0.3) is 0 Å². The number of nitrogens with one attached hydrogen (secondary N) is 1. The van der Waals surface area contributed by atoms with Crippen LogP contribution in [0.5, 0.6) is 0 Å². The monoisotopic (exact) mass is 336 g/mol. The Morgan fingerprint density at radius 2 is 1.68 bits per heavy atom. The number of ether oxygens (including phenoxy) is 1. The van der Waals surface area contributed by atoms with Crippen molar-refractivity contribution in [2.75, 3.05) is 7.05 Å². The number of hydrogen-bond acceptors (Lipinski definition) is 3. The Morgan fingerprint density at radius 1 is 1.08 bits per heavy atom. The predicted molar refractivity (Wildman–Crippen MR) is 94.4 cm³/mol. The molecule has 25 heavy (non-hydrogen) atoms. The van der Waals surface area contributed by atoms with E-state index in [0.717, 1.165) is 11.1 Å². The molecule has 0 bridgehead atoms. The largest absolute Gasteiger partial charge is 0.457 e. The number of amides is 2. The van der Waals surface area contributed by atoms with Crippen LogP contribution in [0.25, 0.3) is 0 Å². The van der Waals surface area contributed by atoms with Crippen LogP contribution in [0.15, 0.2) is 71.9 Å². The molecule has 1 N–H and O–H groups in total. The van der Waals surface area contributed by atoms with Crippen LogP contribution in [0.4, 0.5) is 4.79 Å². The van der Waals surface area contributed by atoms with Gasteiger partial charge in [-0.1, -0.05) is 60.7 Å². The summed E-state index contributed by atoms with van der Waals surface area (Å²) >= 11 is 0. The molecule has 1 heterocycles. The molecule has 2 amide bonds. The second kappa shape index (κ2) is 7.21. The summed E-state index contributed by atoms with van der Waals surface area (Å²) in [6, 6.07) is 18.2. The second-order valence-corrected chi connectivity index (χ2v) is 5.91. The minimum atomic E-state index is -0.520. The Morgan fingerprint density at radius 3 is 2.32 bits per heavy atom. The van der Waals surface area contributed by atoms with E-state index in [0.29, 0.717) is 11.3 Å². The van der Waals surface area contributed by atoms with Crippen molar-refractivity contribution in [1.29, 1.82) is 0 Å². The van der Waals surface area contributed by atoms with Crippen molar-refractivity contribution < 1.29 is 14.3 Å². The summed E-state index contributed by atoms with van der Waals surface area (Å²) in [5.41, 5.74) is 2.80. The van der Waals surface area contributed by atoms with Gasteiger partial charge in [0.05, 0.1) is 11.6 Å². The first-order valence-corrected chi connectivity index (χ1v) is 8.09. The molecule has 1 aliphatic heterocycles. The smallest absolute Gasteiger partial charge is 0.338 e. The minimum absolute atomic E-state index is 0.190. The fraction of sp³-hybridized carbons (Fsp3) is 0.200. The SMILES string of the molecule is CC1=C(C(=O)OCc2ccccc2)[C@@H](c2ccccc2)NC(=O)N1C. The van der Waals surface area contributed by atoms with E-state index < -0.39 is 12.0 Å². The summed E-state index contributed by atoms with van der Waals surface area (Å²) in [5.74, 6) is -0.429. The van der Waals surface area contributed by atoms with E-state index in [1.165, 1.54) is 4.90 Å². The van der Waals surface area contributed by atoms with Gasteiger partial charge < -0.3 is 15.0 Å². The quantitative estimate of drug-likeness (QED) is 0.871. The average Bonchev–Trinajstić information content (AvgIpc) is 2.65. The molecule has 0 unspecified atom stereocenters. The maximum absolute atomic E-state index is 12.8. The molecule has 0 saturated heterocycles. The molecule has 0 saturated carbocycles. The molecule has 3 rings (SSSR count). The van der Waals surface area contributed by atoms with Crippen LogP contribution in [-0.2, 0) is 16.1 Å². The fourth-order valence-corrected chi connectivity index (χ4v) is 2.80. The van der Waals surface area contributed by atoms with Crippen LogP contribution in [0, 0.1) is 0 Å². The number of urea groups is 1. The molecule has 1 atom stereocenters. The van der Waals surface area contributed by atoms with Crippen LogP contribution >= 0.6 is 0 Å². The minimum Gasteiger partial charge on any atom is -0.457 e. The van der Waals surface area contributed by atoms with Gasteiger partial charge >= 0.3 is 12.0 Å². The first kappa shape index (κ1) is 16.8. The highest BCUT2D eigenvalue weighted by molar-refractivity contribution is 5.94. The molecule has 0 aromatic heterocycles. The van der Waals surface area contributed by atoms with E-state index in [4.69, 9.17) is 4.74 Å². The maximum Gasteiger partial charge on any atom is 0.338 e. The molecule has 2 aromatic carbocycles. The third-order valence-electron chi connectivity index (χ3n) is 4.32. The van der Waals surface area contributed by atoms with E-state index in [-0.39, 0.29) is 12.6 Å². The highest BCUT2D eigenvalue weighted by Crippen LogP contribution is 2.30. The van der Waals surface area contributed by atoms with Crippen molar-refractivity contribution in [3.63, 3.8) is 0 Å². The standard InChI is InChI=1S/C20H20N2O3/c1-14-17(19(23)25-13-15-9-5-3-6-10-15)18(21-20(24)22(14)2)16-11-7-4-8-12-16/h3-12,18H,13H2,1-2H3,(H,21,24)/t18-/m1/s1. The van der Waals surface area contributed by atoms with Gasteiger partial charge in [-0.25, -0.2) is 9.59 Å². The van der Waals surface area contributed by atoms with Gasteiger partial charge in [0.2, 0.25) is 0 Å². The summed E-state index contributed by atoms with van der Waals surface area (Å²) in [7, 11) is 1.64. The van der Waals surface area contributed by atoms with Gasteiger partial charge in [-0.3, -0.25) is 0 Å². The van der Waals surface area contributed by atoms with Crippen molar-refractivity contribution in [3.05, 3.63) is 83.1 Å². The van der Waals surface area contributed by atoms with Crippen LogP contribution in [0.3, 0.4) is 0 Å². The summed E-state index contributed by atoms with van der Waals surface area (Å²) in [5, 5.41) is 2.87. The topological polar surface area (TPSA) is 58.6 Å². The molecule has 2 aromatic rings. The Bertz CT molecular complexity index is 800. The highest BCUT2D eigenvalue weighted by Gasteiger charge is 2.34.